The Balaban J connectivity index is 0.00000529. The second-order valence-corrected chi connectivity index (χ2v) is 7.63. The summed E-state index contributed by atoms with van der Waals surface area (Å²) in [5, 5.41) is 7.93. The Kier molecular flexibility index (Phi) is 11.8. The van der Waals surface area contributed by atoms with Crippen molar-refractivity contribution in [3.63, 3.8) is 0 Å². The standard InChI is InChI=1S/C17H33N5S.HI/c1-12(2)22(13(3)4)11-10-20-17(18-7)19-9-8-16-14(5)21-15(6)23-16;/h12-13H,8-11H2,1-7H3,(H2,18,19,20);1H. The van der Waals surface area contributed by atoms with Crippen molar-refractivity contribution in [1.82, 2.24) is 20.5 Å². The molecule has 0 saturated heterocycles. The van der Waals surface area contributed by atoms with E-state index in [9.17, 15) is 0 Å². The predicted octanol–water partition coefficient (Wildman–Crippen LogP) is 3.20. The number of guanidine groups is 1. The third-order valence-electron chi connectivity index (χ3n) is 3.86. The van der Waals surface area contributed by atoms with Crippen LogP contribution in [0.5, 0.6) is 0 Å². The molecular weight excluding hydrogens is 433 g/mol. The lowest BCUT2D eigenvalue weighted by molar-refractivity contribution is 0.178. The Hall–Kier alpha value is -0.410. The summed E-state index contributed by atoms with van der Waals surface area (Å²) in [7, 11) is 1.82. The van der Waals surface area contributed by atoms with Crippen LogP contribution in [0.25, 0.3) is 0 Å². The molecule has 0 amide bonds. The van der Waals surface area contributed by atoms with Gasteiger partial charge in [-0.25, -0.2) is 4.98 Å². The fourth-order valence-corrected chi connectivity index (χ4v) is 3.67. The van der Waals surface area contributed by atoms with E-state index in [1.165, 1.54) is 4.88 Å². The highest BCUT2D eigenvalue weighted by atomic mass is 127. The van der Waals surface area contributed by atoms with Crippen molar-refractivity contribution in [3.8, 4) is 0 Å². The summed E-state index contributed by atoms with van der Waals surface area (Å²) in [6.45, 7) is 15.9. The minimum Gasteiger partial charge on any atom is -0.356 e. The first-order valence-electron chi connectivity index (χ1n) is 8.48. The number of hydrogen-bond acceptors (Lipinski definition) is 4. The predicted molar refractivity (Wildman–Crippen MR) is 117 cm³/mol. The van der Waals surface area contributed by atoms with E-state index in [4.69, 9.17) is 0 Å². The molecule has 140 valence electrons. The van der Waals surface area contributed by atoms with E-state index in [0.717, 1.165) is 42.7 Å². The Morgan fingerprint density at radius 1 is 1.12 bits per heavy atom. The molecule has 24 heavy (non-hydrogen) atoms. The molecule has 0 radical (unpaired) electrons. The molecule has 0 atom stereocenters. The normalized spacial score (nSPS) is 12.0. The quantitative estimate of drug-likeness (QED) is 0.350. The third kappa shape index (κ3) is 8.11. The van der Waals surface area contributed by atoms with Crippen molar-refractivity contribution in [2.45, 2.75) is 60.0 Å². The average molecular weight is 467 g/mol. The van der Waals surface area contributed by atoms with Crippen LogP contribution >= 0.6 is 35.3 Å². The zero-order valence-corrected chi connectivity index (χ0v) is 19.3. The first kappa shape index (κ1) is 23.6. The van der Waals surface area contributed by atoms with E-state index in [1.54, 1.807) is 11.3 Å². The molecule has 0 aliphatic rings. The number of aliphatic imine (C=N–C) groups is 1. The first-order chi connectivity index (χ1) is 10.8. The van der Waals surface area contributed by atoms with Crippen molar-refractivity contribution in [3.05, 3.63) is 15.6 Å². The summed E-state index contributed by atoms with van der Waals surface area (Å²) in [6.07, 6.45) is 0.988. The Morgan fingerprint density at radius 2 is 1.71 bits per heavy atom. The minimum absolute atomic E-state index is 0. The van der Waals surface area contributed by atoms with Crippen LogP contribution in [0.4, 0.5) is 0 Å². The lowest BCUT2D eigenvalue weighted by Crippen LogP contribution is -2.45. The maximum absolute atomic E-state index is 4.47. The number of nitrogens with one attached hydrogen (secondary N) is 2. The summed E-state index contributed by atoms with van der Waals surface area (Å²) in [6, 6.07) is 1.12. The van der Waals surface area contributed by atoms with Gasteiger partial charge >= 0.3 is 0 Å². The molecule has 0 fully saturated rings. The lowest BCUT2D eigenvalue weighted by atomic mass is 10.2. The average Bonchev–Trinajstić information content (AvgIpc) is 2.78. The lowest BCUT2D eigenvalue weighted by Gasteiger charge is -2.30. The van der Waals surface area contributed by atoms with Crippen LogP contribution in [-0.2, 0) is 6.42 Å². The van der Waals surface area contributed by atoms with Crippen molar-refractivity contribution in [2.24, 2.45) is 4.99 Å². The highest BCUT2D eigenvalue weighted by molar-refractivity contribution is 14.0. The summed E-state index contributed by atoms with van der Waals surface area (Å²) >= 11 is 1.78. The van der Waals surface area contributed by atoms with E-state index in [1.807, 2.05) is 7.05 Å². The van der Waals surface area contributed by atoms with E-state index in [0.29, 0.717) is 12.1 Å². The van der Waals surface area contributed by atoms with Gasteiger partial charge in [0.2, 0.25) is 0 Å². The van der Waals surface area contributed by atoms with E-state index in [2.05, 4.69) is 67.1 Å². The molecule has 1 rings (SSSR count). The van der Waals surface area contributed by atoms with Crippen molar-refractivity contribution in [2.75, 3.05) is 26.7 Å². The molecule has 5 nitrogen and oxygen atoms in total. The molecule has 0 bridgehead atoms. The fourth-order valence-electron chi connectivity index (χ4n) is 2.74. The van der Waals surface area contributed by atoms with Crippen LogP contribution in [0.1, 0.15) is 43.3 Å². The van der Waals surface area contributed by atoms with E-state index >= 15 is 0 Å². The SMILES string of the molecule is CN=C(NCCc1sc(C)nc1C)NCCN(C(C)C)C(C)C.I. The number of halogens is 1. The highest BCUT2D eigenvalue weighted by Crippen LogP contribution is 2.16. The van der Waals surface area contributed by atoms with Gasteiger partial charge in [0.15, 0.2) is 5.96 Å². The van der Waals surface area contributed by atoms with Gasteiger partial charge in [0.25, 0.3) is 0 Å². The van der Waals surface area contributed by atoms with Crippen LogP contribution in [0, 0.1) is 13.8 Å². The van der Waals surface area contributed by atoms with Crippen molar-refractivity contribution < 1.29 is 0 Å². The minimum atomic E-state index is 0. The summed E-state index contributed by atoms with van der Waals surface area (Å²) < 4.78 is 0. The molecule has 7 heteroatoms. The van der Waals surface area contributed by atoms with Gasteiger partial charge in [0, 0.05) is 50.1 Å². The molecule has 1 heterocycles. The Bertz CT molecular complexity index is 491. The fraction of sp³-hybridized carbons (Fsp3) is 0.765. The van der Waals surface area contributed by atoms with Gasteiger partial charge < -0.3 is 10.6 Å². The van der Waals surface area contributed by atoms with Crippen LogP contribution in [0.2, 0.25) is 0 Å². The molecule has 0 unspecified atom stereocenters. The zero-order chi connectivity index (χ0) is 17.4. The number of rotatable bonds is 8. The van der Waals surface area contributed by atoms with E-state index < -0.39 is 0 Å². The summed E-state index contributed by atoms with van der Waals surface area (Å²) in [5.74, 6) is 0.872. The maximum atomic E-state index is 4.47. The number of thiazole rings is 1. The molecule has 1 aromatic rings. The summed E-state index contributed by atoms with van der Waals surface area (Å²) in [5.41, 5.74) is 1.15. The van der Waals surface area contributed by atoms with Gasteiger partial charge in [0.1, 0.15) is 0 Å². The maximum Gasteiger partial charge on any atom is 0.191 e. The largest absolute Gasteiger partial charge is 0.356 e. The van der Waals surface area contributed by atoms with Crippen molar-refractivity contribution in [1.29, 1.82) is 0 Å². The topological polar surface area (TPSA) is 52.6 Å². The van der Waals surface area contributed by atoms with Crippen LogP contribution < -0.4 is 10.6 Å². The third-order valence-corrected chi connectivity index (χ3v) is 4.99. The van der Waals surface area contributed by atoms with Gasteiger partial charge in [-0.1, -0.05) is 0 Å². The number of aryl methyl sites for hydroxylation is 2. The second-order valence-electron chi connectivity index (χ2n) is 6.34. The van der Waals surface area contributed by atoms with Gasteiger partial charge in [-0.3, -0.25) is 9.89 Å². The molecule has 0 aliphatic carbocycles. The molecule has 0 saturated carbocycles. The molecule has 0 spiro atoms. The molecule has 1 aromatic heterocycles. The van der Waals surface area contributed by atoms with Crippen LogP contribution in [0.3, 0.4) is 0 Å². The molecule has 0 aromatic carbocycles. The van der Waals surface area contributed by atoms with Gasteiger partial charge in [0.05, 0.1) is 10.7 Å². The van der Waals surface area contributed by atoms with Crippen molar-refractivity contribution >= 4 is 41.3 Å². The number of aromatic nitrogens is 1. The van der Waals surface area contributed by atoms with Crippen LogP contribution in [-0.4, -0.2) is 54.6 Å². The van der Waals surface area contributed by atoms with Gasteiger partial charge in [-0.05, 0) is 41.5 Å². The van der Waals surface area contributed by atoms with Gasteiger partial charge in [-0.2, -0.15) is 0 Å². The molecular formula is C17H34IN5S. The monoisotopic (exact) mass is 467 g/mol. The zero-order valence-electron chi connectivity index (χ0n) is 16.1. The Labute approximate surface area is 168 Å². The first-order valence-corrected chi connectivity index (χ1v) is 9.30. The molecule has 2 N–H and O–H groups in total. The van der Waals surface area contributed by atoms with E-state index in [-0.39, 0.29) is 24.0 Å². The Morgan fingerprint density at radius 3 is 2.17 bits per heavy atom. The van der Waals surface area contributed by atoms with Crippen LogP contribution in [0.15, 0.2) is 4.99 Å². The summed E-state index contributed by atoms with van der Waals surface area (Å²) in [4.78, 5) is 12.6. The van der Waals surface area contributed by atoms with Gasteiger partial charge in [-0.15, -0.1) is 35.3 Å². The highest BCUT2D eigenvalue weighted by Gasteiger charge is 2.12. The molecule has 0 aliphatic heterocycles. The second kappa shape index (κ2) is 12.0. The smallest absolute Gasteiger partial charge is 0.191 e. The number of nitrogens with zero attached hydrogens (tertiary/aromatic N) is 3. The number of hydrogen-bond donors (Lipinski definition) is 2.